The number of halogens is 1. The molecule has 1 fully saturated rings. The smallest absolute Gasteiger partial charge is 0.246 e. The van der Waals surface area contributed by atoms with E-state index in [1.165, 1.54) is 0 Å². The molecule has 7 heteroatoms. The highest BCUT2D eigenvalue weighted by Crippen LogP contribution is 2.14. The number of likely N-dealkylation sites (N-methyl/N-ethyl adjacent to an activating group) is 1. The average Bonchev–Trinajstić information content (AvgIpc) is 2.73. The van der Waals surface area contributed by atoms with E-state index in [-0.39, 0.29) is 18.3 Å². The predicted molar refractivity (Wildman–Crippen MR) is 77.7 cm³/mol. The number of hydrogen-bond donors (Lipinski definition) is 1. The maximum atomic E-state index is 11.9. The zero-order valence-corrected chi connectivity index (χ0v) is 12.9. The number of hydrogen-bond acceptors (Lipinski definition) is 5. The lowest BCUT2D eigenvalue weighted by Gasteiger charge is -2.17. The number of amides is 1. The second-order valence-electron chi connectivity index (χ2n) is 5.12. The van der Waals surface area contributed by atoms with E-state index in [1.54, 1.807) is 0 Å². The summed E-state index contributed by atoms with van der Waals surface area (Å²) in [5.41, 5.74) is 0. The van der Waals surface area contributed by atoms with Crippen LogP contribution in [0.4, 0.5) is 0 Å². The maximum absolute atomic E-state index is 11.9. The number of carbonyl (C=O) groups excluding carboxylic acids is 1. The number of carbonyl (C=O) groups is 1. The van der Waals surface area contributed by atoms with E-state index in [2.05, 4.69) is 22.4 Å². The Hall–Kier alpha value is -1.14. The highest BCUT2D eigenvalue weighted by atomic mass is 35.5. The molecule has 1 aliphatic rings. The summed E-state index contributed by atoms with van der Waals surface area (Å²) < 4.78 is 5.22. The standard InChI is InChI=1S/C13H22N4O2.ClH/c1-10(14-2)8-11-15-12(19-16-11)9-17-7-5-3-4-6-13(17)18;/h10,14H,3-9H2,1-2H3;1H. The zero-order valence-electron chi connectivity index (χ0n) is 12.1. The average molecular weight is 303 g/mol. The molecule has 114 valence electrons. The fourth-order valence-electron chi connectivity index (χ4n) is 2.18. The highest BCUT2D eigenvalue weighted by Gasteiger charge is 2.19. The van der Waals surface area contributed by atoms with Crippen LogP contribution in [0.2, 0.25) is 0 Å². The summed E-state index contributed by atoms with van der Waals surface area (Å²) in [5.74, 6) is 1.42. The maximum Gasteiger partial charge on any atom is 0.246 e. The van der Waals surface area contributed by atoms with Crippen LogP contribution < -0.4 is 5.32 Å². The predicted octanol–water partition coefficient (Wildman–Crippen LogP) is 1.54. The lowest BCUT2D eigenvalue weighted by atomic mass is 10.2. The van der Waals surface area contributed by atoms with Crippen LogP contribution in [0.3, 0.4) is 0 Å². The number of nitrogens with one attached hydrogen (secondary N) is 1. The zero-order chi connectivity index (χ0) is 13.7. The quantitative estimate of drug-likeness (QED) is 0.893. The number of rotatable bonds is 5. The Morgan fingerprint density at radius 2 is 2.20 bits per heavy atom. The van der Waals surface area contributed by atoms with Crippen LogP contribution >= 0.6 is 12.4 Å². The third kappa shape index (κ3) is 4.76. The van der Waals surface area contributed by atoms with Crippen molar-refractivity contribution in [2.24, 2.45) is 0 Å². The van der Waals surface area contributed by atoms with Crippen LogP contribution in [0.1, 0.15) is 44.3 Å². The molecular formula is C13H23ClN4O2. The lowest BCUT2D eigenvalue weighted by Crippen LogP contribution is -2.29. The van der Waals surface area contributed by atoms with Gasteiger partial charge >= 0.3 is 0 Å². The van der Waals surface area contributed by atoms with Crippen molar-refractivity contribution in [2.45, 2.75) is 51.6 Å². The van der Waals surface area contributed by atoms with Crippen LogP contribution in [0.15, 0.2) is 4.52 Å². The summed E-state index contributed by atoms with van der Waals surface area (Å²) in [6.07, 6.45) is 4.54. The van der Waals surface area contributed by atoms with E-state index in [1.807, 2.05) is 11.9 Å². The molecule has 0 saturated carbocycles. The van der Waals surface area contributed by atoms with E-state index in [0.29, 0.717) is 30.7 Å². The molecule has 0 bridgehead atoms. The van der Waals surface area contributed by atoms with Crippen molar-refractivity contribution in [3.8, 4) is 0 Å². The molecule has 1 aliphatic heterocycles. The van der Waals surface area contributed by atoms with Gasteiger partial charge in [-0.15, -0.1) is 12.4 Å². The number of likely N-dealkylation sites (tertiary alicyclic amines) is 1. The van der Waals surface area contributed by atoms with Gasteiger partial charge in [-0.1, -0.05) is 11.6 Å². The Morgan fingerprint density at radius 3 is 2.95 bits per heavy atom. The van der Waals surface area contributed by atoms with Crippen LogP contribution in [-0.4, -0.2) is 40.6 Å². The van der Waals surface area contributed by atoms with Crippen LogP contribution in [0.5, 0.6) is 0 Å². The first-order valence-corrected chi connectivity index (χ1v) is 6.95. The van der Waals surface area contributed by atoms with Crippen molar-refractivity contribution in [1.82, 2.24) is 20.4 Å². The number of aromatic nitrogens is 2. The van der Waals surface area contributed by atoms with Crippen molar-refractivity contribution in [3.63, 3.8) is 0 Å². The Labute approximate surface area is 125 Å². The van der Waals surface area contributed by atoms with E-state index in [4.69, 9.17) is 4.52 Å². The molecule has 1 atom stereocenters. The van der Waals surface area contributed by atoms with E-state index in [9.17, 15) is 4.79 Å². The molecule has 1 saturated heterocycles. The van der Waals surface area contributed by atoms with Gasteiger partial charge in [0.25, 0.3) is 0 Å². The van der Waals surface area contributed by atoms with Gasteiger partial charge in [-0.25, -0.2) is 0 Å². The normalized spacial score (nSPS) is 17.5. The third-order valence-electron chi connectivity index (χ3n) is 3.49. The minimum atomic E-state index is 0. The molecule has 1 amide bonds. The van der Waals surface area contributed by atoms with Crippen molar-refractivity contribution in [1.29, 1.82) is 0 Å². The molecule has 20 heavy (non-hydrogen) atoms. The Bertz CT molecular complexity index is 424. The van der Waals surface area contributed by atoms with Crippen molar-refractivity contribution in [2.75, 3.05) is 13.6 Å². The highest BCUT2D eigenvalue weighted by molar-refractivity contribution is 5.85. The van der Waals surface area contributed by atoms with Crippen LogP contribution in [0, 0.1) is 0 Å². The van der Waals surface area contributed by atoms with E-state index < -0.39 is 0 Å². The third-order valence-corrected chi connectivity index (χ3v) is 3.49. The SMILES string of the molecule is CNC(C)Cc1noc(CN2CCCCCC2=O)n1.Cl. The van der Waals surface area contributed by atoms with Gasteiger partial charge in [0, 0.05) is 25.4 Å². The van der Waals surface area contributed by atoms with E-state index >= 15 is 0 Å². The largest absolute Gasteiger partial charge is 0.337 e. The fraction of sp³-hybridized carbons (Fsp3) is 0.769. The van der Waals surface area contributed by atoms with Gasteiger partial charge in [0.2, 0.25) is 11.8 Å². The van der Waals surface area contributed by atoms with Crippen LogP contribution in [-0.2, 0) is 17.8 Å². The summed E-state index contributed by atoms with van der Waals surface area (Å²) in [6, 6.07) is 0.310. The molecule has 0 aromatic carbocycles. The lowest BCUT2D eigenvalue weighted by molar-refractivity contribution is -0.131. The second-order valence-corrected chi connectivity index (χ2v) is 5.12. The topological polar surface area (TPSA) is 71.3 Å². The Kier molecular flexibility index (Phi) is 6.95. The number of nitrogens with zero attached hydrogens (tertiary/aromatic N) is 3. The molecule has 2 rings (SSSR count). The Morgan fingerprint density at radius 1 is 1.40 bits per heavy atom. The molecule has 0 aliphatic carbocycles. The first kappa shape index (κ1) is 16.9. The van der Waals surface area contributed by atoms with Gasteiger partial charge in [0.15, 0.2) is 5.82 Å². The summed E-state index contributed by atoms with van der Waals surface area (Å²) in [4.78, 5) is 18.0. The van der Waals surface area contributed by atoms with Crippen molar-refractivity contribution < 1.29 is 9.32 Å². The minimum Gasteiger partial charge on any atom is -0.337 e. The van der Waals surface area contributed by atoms with Gasteiger partial charge in [0.1, 0.15) is 0 Å². The van der Waals surface area contributed by atoms with Gasteiger partial charge in [-0.2, -0.15) is 4.98 Å². The van der Waals surface area contributed by atoms with Gasteiger partial charge in [-0.3, -0.25) is 4.79 Å². The van der Waals surface area contributed by atoms with Gasteiger partial charge in [-0.05, 0) is 26.8 Å². The molecule has 1 unspecified atom stereocenters. The molecule has 2 heterocycles. The summed E-state index contributed by atoms with van der Waals surface area (Å²) in [6.45, 7) is 3.30. The van der Waals surface area contributed by atoms with Crippen molar-refractivity contribution in [3.05, 3.63) is 11.7 Å². The first-order chi connectivity index (χ1) is 9.19. The summed E-state index contributed by atoms with van der Waals surface area (Å²) in [7, 11) is 1.90. The molecule has 0 radical (unpaired) electrons. The van der Waals surface area contributed by atoms with E-state index in [0.717, 1.165) is 32.2 Å². The summed E-state index contributed by atoms with van der Waals surface area (Å²) >= 11 is 0. The molecule has 1 N–H and O–H groups in total. The molecule has 1 aromatic heterocycles. The molecule has 1 aromatic rings. The fourth-order valence-corrected chi connectivity index (χ4v) is 2.18. The molecular weight excluding hydrogens is 280 g/mol. The van der Waals surface area contributed by atoms with Gasteiger partial charge in [0.05, 0.1) is 6.54 Å². The van der Waals surface area contributed by atoms with Crippen molar-refractivity contribution >= 4 is 18.3 Å². The summed E-state index contributed by atoms with van der Waals surface area (Å²) in [5, 5.41) is 7.09. The van der Waals surface area contributed by atoms with Crippen LogP contribution in [0.25, 0.3) is 0 Å². The monoisotopic (exact) mass is 302 g/mol. The second kappa shape index (κ2) is 8.21. The van der Waals surface area contributed by atoms with Gasteiger partial charge < -0.3 is 14.7 Å². The minimum absolute atomic E-state index is 0. The Balaban J connectivity index is 0.00000200. The molecule has 0 spiro atoms. The first-order valence-electron chi connectivity index (χ1n) is 6.95. The molecule has 6 nitrogen and oxygen atoms in total.